The predicted molar refractivity (Wildman–Crippen MR) is 140 cm³/mol. The molecular formula is C24H46N2OSSiSn. The quantitative estimate of drug-likeness (QED) is 0.243. The van der Waals surface area contributed by atoms with Gasteiger partial charge in [-0.05, 0) is 0 Å². The van der Waals surface area contributed by atoms with E-state index < -0.39 is 27.4 Å². The summed E-state index contributed by atoms with van der Waals surface area (Å²) in [6, 6.07) is 0. The van der Waals surface area contributed by atoms with Crippen molar-refractivity contribution in [1.82, 2.24) is 9.38 Å². The summed E-state index contributed by atoms with van der Waals surface area (Å²) in [7, 11) is -1.06. The average molecular weight is 558 g/mol. The van der Waals surface area contributed by atoms with E-state index in [9.17, 15) is 0 Å². The van der Waals surface area contributed by atoms with Crippen LogP contribution < -0.4 is 2.89 Å². The van der Waals surface area contributed by atoms with Crippen LogP contribution in [0.2, 0.25) is 26.4 Å². The standard InChI is InChI=1S/C12H19N2OSSi.3C4H9.Sn/c1-12(2,3)9-8-16-11-6-13-10(14(9)11)7-15-17(4)5;3*1-3-4-2;/h6,17H,7H2,1-5H3;3*1,3-4H2,2H3;. The first-order valence-corrected chi connectivity index (χ1v) is 23.4. The molecule has 0 amide bonds. The van der Waals surface area contributed by atoms with Crippen LogP contribution in [0.5, 0.6) is 0 Å². The topological polar surface area (TPSA) is 26.5 Å². The fraction of sp³-hybridized carbons (Fsp3) is 0.792. The van der Waals surface area contributed by atoms with E-state index >= 15 is 0 Å². The molecule has 30 heavy (non-hydrogen) atoms. The van der Waals surface area contributed by atoms with Gasteiger partial charge >= 0.3 is 196 Å². The molecule has 2 rings (SSSR count). The Morgan fingerprint density at radius 1 is 1.00 bits per heavy atom. The normalized spacial score (nSPS) is 13.1. The molecule has 0 N–H and O–H groups in total. The van der Waals surface area contributed by atoms with Crippen LogP contribution in [0.25, 0.3) is 4.83 Å². The molecule has 6 heteroatoms. The Kier molecular flexibility index (Phi) is 10.4. The maximum atomic E-state index is 6.13. The summed E-state index contributed by atoms with van der Waals surface area (Å²) in [6.45, 7) is 19.5. The molecule has 0 saturated carbocycles. The van der Waals surface area contributed by atoms with Crippen LogP contribution in [0.3, 0.4) is 0 Å². The monoisotopic (exact) mass is 558 g/mol. The molecule has 0 aliphatic rings. The molecule has 0 aliphatic heterocycles. The van der Waals surface area contributed by atoms with Crippen molar-refractivity contribution in [3.63, 3.8) is 0 Å². The third-order valence-corrected chi connectivity index (χ3v) is 26.4. The van der Waals surface area contributed by atoms with E-state index in [-0.39, 0.29) is 5.41 Å². The molecule has 0 fully saturated rings. The van der Waals surface area contributed by atoms with E-state index in [1.54, 1.807) is 5.69 Å². The second-order valence-corrected chi connectivity index (χ2v) is 27.8. The van der Waals surface area contributed by atoms with E-state index in [2.05, 4.69) is 76.6 Å². The SMILES string of the molecule is CCC[CH2][Sn]([CH2]CCC)([CH2]CCC)[c]1sc2cnc(CO[SiH](C)C)n2c1C(C)(C)C. The summed E-state index contributed by atoms with van der Waals surface area (Å²) >= 11 is -0.410. The van der Waals surface area contributed by atoms with Gasteiger partial charge in [0.2, 0.25) is 0 Å². The Morgan fingerprint density at radius 2 is 1.53 bits per heavy atom. The molecular weight excluding hydrogens is 511 g/mol. The fourth-order valence-corrected chi connectivity index (χ4v) is 26.9. The van der Waals surface area contributed by atoms with Crippen LogP contribution in [-0.2, 0) is 16.4 Å². The van der Waals surface area contributed by atoms with Gasteiger partial charge in [-0.15, -0.1) is 0 Å². The Labute approximate surface area is 195 Å². The third kappa shape index (κ3) is 6.35. The first-order chi connectivity index (χ1) is 14.2. The average Bonchev–Trinajstić information content (AvgIpc) is 3.25. The summed E-state index contributed by atoms with van der Waals surface area (Å²) in [4.78, 5) is 6.16. The molecule has 0 bridgehead atoms. The molecule has 2 aromatic rings. The van der Waals surface area contributed by atoms with Gasteiger partial charge in [-0.3, -0.25) is 0 Å². The van der Waals surface area contributed by atoms with Gasteiger partial charge < -0.3 is 0 Å². The number of imidazole rings is 1. The minimum atomic E-state index is -2.52. The number of fused-ring (bicyclic) bond motifs is 1. The number of aromatic nitrogens is 2. The van der Waals surface area contributed by atoms with E-state index in [0.29, 0.717) is 6.61 Å². The van der Waals surface area contributed by atoms with Gasteiger partial charge in [0.05, 0.1) is 0 Å². The van der Waals surface area contributed by atoms with Crippen molar-refractivity contribution in [2.75, 3.05) is 0 Å². The van der Waals surface area contributed by atoms with Crippen molar-refractivity contribution in [3.8, 4) is 0 Å². The number of nitrogens with zero attached hydrogens (tertiary/aromatic N) is 2. The van der Waals surface area contributed by atoms with Gasteiger partial charge in [0.25, 0.3) is 0 Å². The number of hydrogen-bond acceptors (Lipinski definition) is 3. The fourth-order valence-electron chi connectivity index (χ4n) is 4.58. The van der Waals surface area contributed by atoms with Crippen LogP contribution >= 0.6 is 11.3 Å². The molecule has 2 aromatic heterocycles. The van der Waals surface area contributed by atoms with E-state index in [1.165, 1.54) is 56.7 Å². The second kappa shape index (κ2) is 11.8. The first kappa shape index (κ1) is 26.4. The van der Waals surface area contributed by atoms with Crippen LogP contribution in [0.1, 0.15) is 91.6 Å². The van der Waals surface area contributed by atoms with Crippen molar-refractivity contribution in [1.29, 1.82) is 0 Å². The van der Waals surface area contributed by atoms with E-state index in [4.69, 9.17) is 9.41 Å². The summed E-state index contributed by atoms with van der Waals surface area (Å²) in [5.41, 5.74) is 1.72. The number of hydrogen-bond donors (Lipinski definition) is 0. The molecule has 0 radical (unpaired) electrons. The molecule has 0 unspecified atom stereocenters. The summed E-state index contributed by atoms with van der Waals surface area (Å²) < 4.78 is 15.1. The van der Waals surface area contributed by atoms with E-state index in [1.807, 2.05) is 2.89 Å². The van der Waals surface area contributed by atoms with Crippen LogP contribution in [-0.4, -0.2) is 36.8 Å². The molecule has 2 heterocycles. The van der Waals surface area contributed by atoms with Gasteiger partial charge in [0.15, 0.2) is 0 Å². The van der Waals surface area contributed by atoms with Crippen LogP contribution in [0.15, 0.2) is 6.20 Å². The van der Waals surface area contributed by atoms with Crippen LogP contribution in [0, 0.1) is 0 Å². The number of unbranched alkanes of at least 4 members (excludes halogenated alkanes) is 3. The molecule has 0 atom stereocenters. The molecule has 0 aliphatic carbocycles. The Hall–Kier alpha value is 0.146. The Bertz CT molecular complexity index is 756. The van der Waals surface area contributed by atoms with Crippen molar-refractivity contribution >= 4 is 46.5 Å². The zero-order valence-electron chi connectivity index (χ0n) is 20.9. The van der Waals surface area contributed by atoms with Gasteiger partial charge in [-0.25, -0.2) is 0 Å². The Balaban J connectivity index is 2.68. The Morgan fingerprint density at radius 3 is 1.97 bits per heavy atom. The summed E-state index contributed by atoms with van der Waals surface area (Å²) in [6.07, 6.45) is 10.3. The minimum absolute atomic E-state index is 0.130. The molecule has 0 saturated heterocycles. The van der Waals surface area contributed by atoms with Crippen molar-refractivity contribution in [2.24, 2.45) is 0 Å². The number of thiazole rings is 1. The van der Waals surface area contributed by atoms with Crippen molar-refractivity contribution in [2.45, 2.75) is 118 Å². The van der Waals surface area contributed by atoms with Gasteiger partial charge in [0, 0.05) is 0 Å². The zero-order valence-corrected chi connectivity index (χ0v) is 25.8. The van der Waals surface area contributed by atoms with Crippen LogP contribution in [0.4, 0.5) is 0 Å². The molecule has 0 aromatic carbocycles. The third-order valence-electron chi connectivity index (χ3n) is 6.21. The molecule has 0 spiro atoms. The summed E-state index contributed by atoms with van der Waals surface area (Å²) in [5.74, 6) is 1.13. The van der Waals surface area contributed by atoms with E-state index in [0.717, 1.165) is 5.82 Å². The number of rotatable bonds is 13. The van der Waals surface area contributed by atoms with Gasteiger partial charge in [-0.1, -0.05) is 0 Å². The molecule has 3 nitrogen and oxygen atoms in total. The second-order valence-electron chi connectivity index (χ2n) is 10.3. The maximum absolute atomic E-state index is 6.13. The zero-order chi connectivity index (χ0) is 22.4. The van der Waals surface area contributed by atoms with Gasteiger partial charge in [-0.2, -0.15) is 0 Å². The molecule has 172 valence electrons. The first-order valence-electron chi connectivity index (χ1n) is 12.3. The van der Waals surface area contributed by atoms with Crippen molar-refractivity contribution < 1.29 is 4.43 Å². The predicted octanol–water partition coefficient (Wildman–Crippen LogP) is 7.25. The van der Waals surface area contributed by atoms with Gasteiger partial charge in [0.1, 0.15) is 0 Å². The summed E-state index contributed by atoms with van der Waals surface area (Å²) in [5, 5.41) is 0. The van der Waals surface area contributed by atoms with Crippen molar-refractivity contribution in [3.05, 3.63) is 17.7 Å².